The average molecular weight is 359 g/mol. The van der Waals surface area contributed by atoms with Crippen LogP contribution in [0.2, 0.25) is 0 Å². The summed E-state index contributed by atoms with van der Waals surface area (Å²) in [4.78, 5) is 12.3. The summed E-state index contributed by atoms with van der Waals surface area (Å²) in [5, 5.41) is 3.07. The van der Waals surface area contributed by atoms with Crippen LogP contribution in [0.5, 0.6) is 0 Å². The zero-order valence-corrected chi connectivity index (χ0v) is 14.1. The number of carbonyl (C=O) groups excluding carboxylic acids is 1. The molecule has 4 heteroatoms. The first kappa shape index (κ1) is 15.8. The zero-order chi connectivity index (χ0) is 14.5. The molecule has 1 aromatic carbocycles. The molecule has 1 amide bonds. The summed E-state index contributed by atoms with van der Waals surface area (Å²) in [6.45, 7) is 2.73. The molecule has 1 fully saturated rings. The summed E-state index contributed by atoms with van der Waals surface area (Å²) in [5.41, 5.74) is 1.80. The number of carbonyl (C=O) groups is 1. The third-order valence-electron chi connectivity index (χ3n) is 4.16. The van der Waals surface area contributed by atoms with Gasteiger partial charge in [0.25, 0.3) is 5.91 Å². The molecule has 0 aliphatic heterocycles. The Balaban J connectivity index is 1.96. The van der Waals surface area contributed by atoms with Gasteiger partial charge in [0.2, 0.25) is 0 Å². The second kappa shape index (κ2) is 7.46. The number of benzene rings is 1. The van der Waals surface area contributed by atoms with E-state index < -0.39 is 0 Å². The van der Waals surface area contributed by atoms with Crippen LogP contribution in [0.15, 0.2) is 22.7 Å². The van der Waals surface area contributed by atoms with Crippen LogP contribution in [0.1, 0.15) is 41.6 Å². The molecule has 1 saturated carbocycles. The molecule has 0 aromatic heterocycles. The van der Waals surface area contributed by atoms with Crippen molar-refractivity contribution in [3.63, 3.8) is 0 Å². The number of alkyl halides is 1. The first-order chi connectivity index (χ1) is 9.61. The lowest BCUT2D eigenvalue weighted by atomic mass is 9.80. The summed E-state index contributed by atoms with van der Waals surface area (Å²) in [6, 6.07) is 5.83. The Hall–Kier alpha value is -0.540. The van der Waals surface area contributed by atoms with Crippen molar-refractivity contribution in [1.82, 2.24) is 5.32 Å². The Morgan fingerprint density at radius 1 is 1.35 bits per heavy atom. The van der Waals surface area contributed by atoms with Crippen LogP contribution in [0.4, 0.5) is 0 Å². The van der Waals surface area contributed by atoms with Gasteiger partial charge >= 0.3 is 0 Å². The van der Waals surface area contributed by atoms with E-state index in [0.717, 1.165) is 16.6 Å². The molecule has 1 aliphatic carbocycles. The molecule has 0 radical (unpaired) electrons. The van der Waals surface area contributed by atoms with Gasteiger partial charge in [-0.2, -0.15) is 0 Å². The Kier molecular flexibility index (Phi) is 5.91. The first-order valence-electron chi connectivity index (χ1n) is 7.22. The number of hydrogen-bond donors (Lipinski definition) is 1. The highest BCUT2D eigenvalue weighted by Crippen LogP contribution is 2.30. The highest BCUT2D eigenvalue weighted by molar-refractivity contribution is 9.10. The predicted molar refractivity (Wildman–Crippen MR) is 87.4 cm³/mol. The zero-order valence-electron chi connectivity index (χ0n) is 11.8. The normalized spacial score (nSPS) is 22.6. The summed E-state index contributed by atoms with van der Waals surface area (Å²) >= 11 is 9.47. The van der Waals surface area contributed by atoms with Crippen LogP contribution in [0.3, 0.4) is 0 Å². The first-order valence-corrected chi connectivity index (χ1v) is 8.55. The predicted octanol–water partition coefficient (Wildman–Crippen LogP) is 4.53. The highest BCUT2D eigenvalue weighted by atomic mass is 79.9. The Morgan fingerprint density at radius 3 is 2.75 bits per heavy atom. The minimum absolute atomic E-state index is 0.000490. The maximum absolute atomic E-state index is 12.3. The van der Waals surface area contributed by atoms with E-state index in [4.69, 9.17) is 11.6 Å². The largest absolute Gasteiger partial charge is 0.352 e. The van der Waals surface area contributed by atoms with Crippen molar-refractivity contribution in [2.75, 3.05) is 12.4 Å². The molecule has 1 aromatic rings. The van der Waals surface area contributed by atoms with E-state index in [0.29, 0.717) is 23.3 Å². The molecule has 2 unspecified atom stereocenters. The number of hydrogen-bond acceptors (Lipinski definition) is 1. The van der Waals surface area contributed by atoms with E-state index in [-0.39, 0.29) is 5.91 Å². The highest BCUT2D eigenvalue weighted by Gasteiger charge is 2.25. The fourth-order valence-electron chi connectivity index (χ4n) is 2.89. The maximum atomic E-state index is 12.3. The summed E-state index contributed by atoms with van der Waals surface area (Å²) in [6.07, 6.45) is 4.89. The van der Waals surface area contributed by atoms with E-state index in [1.807, 2.05) is 25.1 Å². The molecular formula is C16H21BrClNO. The van der Waals surface area contributed by atoms with Crippen LogP contribution in [0.25, 0.3) is 0 Å². The number of halogens is 2. The standard InChI is InChI=1S/C16H21BrClNO/c1-11-6-7-15(17)14(8-11)16(20)19-10-13-5-3-2-4-12(13)9-18/h6-8,12-13H,2-5,9-10H2,1H3,(H,19,20). The van der Waals surface area contributed by atoms with E-state index in [1.54, 1.807) is 0 Å². The van der Waals surface area contributed by atoms with Crippen LogP contribution >= 0.6 is 27.5 Å². The topological polar surface area (TPSA) is 29.1 Å². The van der Waals surface area contributed by atoms with Gasteiger partial charge in [-0.25, -0.2) is 0 Å². The third-order valence-corrected chi connectivity index (χ3v) is 5.24. The smallest absolute Gasteiger partial charge is 0.252 e. The van der Waals surface area contributed by atoms with Crippen molar-refractivity contribution < 1.29 is 4.79 Å². The number of aryl methyl sites for hydroxylation is 1. The molecule has 2 rings (SSSR count). The van der Waals surface area contributed by atoms with Gasteiger partial charge in [-0.1, -0.05) is 24.5 Å². The third kappa shape index (κ3) is 3.98. The van der Waals surface area contributed by atoms with Gasteiger partial charge in [0, 0.05) is 16.9 Å². The molecule has 0 bridgehead atoms. The van der Waals surface area contributed by atoms with Crippen molar-refractivity contribution in [3.8, 4) is 0 Å². The molecule has 2 atom stereocenters. The van der Waals surface area contributed by atoms with Gasteiger partial charge in [0.15, 0.2) is 0 Å². The van der Waals surface area contributed by atoms with Gasteiger partial charge < -0.3 is 5.32 Å². The molecule has 0 spiro atoms. The van der Waals surface area contributed by atoms with Crippen LogP contribution in [-0.2, 0) is 0 Å². The molecule has 110 valence electrons. The van der Waals surface area contributed by atoms with Crippen molar-refractivity contribution in [2.45, 2.75) is 32.6 Å². The maximum Gasteiger partial charge on any atom is 0.252 e. The molecule has 1 N–H and O–H groups in total. The fraction of sp³-hybridized carbons (Fsp3) is 0.562. The van der Waals surface area contributed by atoms with Crippen molar-refractivity contribution in [1.29, 1.82) is 0 Å². The lowest BCUT2D eigenvalue weighted by molar-refractivity contribution is 0.0936. The van der Waals surface area contributed by atoms with Gasteiger partial charge in [-0.3, -0.25) is 4.79 Å². The second-order valence-corrected chi connectivity index (χ2v) is 6.82. The molecule has 1 aliphatic rings. The minimum Gasteiger partial charge on any atom is -0.352 e. The Morgan fingerprint density at radius 2 is 2.05 bits per heavy atom. The van der Waals surface area contributed by atoms with Crippen molar-refractivity contribution in [3.05, 3.63) is 33.8 Å². The molecule has 2 nitrogen and oxygen atoms in total. The fourth-order valence-corrected chi connectivity index (χ4v) is 3.72. The summed E-state index contributed by atoms with van der Waals surface area (Å²) < 4.78 is 0.845. The number of nitrogens with one attached hydrogen (secondary N) is 1. The van der Waals surface area contributed by atoms with E-state index in [9.17, 15) is 4.79 Å². The molecular weight excluding hydrogens is 338 g/mol. The molecule has 0 heterocycles. The summed E-state index contributed by atoms with van der Waals surface area (Å²) in [5.74, 6) is 1.77. The van der Waals surface area contributed by atoms with Crippen LogP contribution in [0, 0.1) is 18.8 Å². The van der Waals surface area contributed by atoms with Gasteiger partial charge in [0.1, 0.15) is 0 Å². The second-order valence-electron chi connectivity index (χ2n) is 5.65. The van der Waals surface area contributed by atoms with Crippen molar-refractivity contribution >= 4 is 33.4 Å². The molecule has 0 saturated heterocycles. The van der Waals surface area contributed by atoms with E-state index in [2.05, 4.69) is 21.2 Å². The quantitative estimate of drug-likeness (QED) is 0.787. The van der Waals surface area contributed by atoms with E-state index in [1.165, 1.54) is 25.7 Å². The lowest BCUT2D eigenvalue weighted by Gasteiger charge is -2.30. The van der Waals surface area contributed by atoms with Gasteiger partial charge in [0.05, 0.1) is 5.56 Å². The number of rotatable bonds is 4. The van der Waals surface area contributed by atoms with Crippen LogP contribution < -0.4 is 5.32 Å². The Labute approximate surface area is 134 Å². The average Bonchev–Trinajstić information content (AvgIpc) is 2.47. The monoisotopic (exact) mass is 357 g/mol. The SMILES string of the molecule is Cc1ccc(Br)c(C(=O)NCC2CCCCC2CCl)c1. The lowest BCUT2D eigenvalue weighted by Crippen LogP contribution is -2.35. The Bertz CT molecular complexity index is 478. The minimum atomic E-state index is -0.000490. The molecule has 20 heavy (non-hydrogen) atoms. The number of amides is 1. The summed E-state index contributed by atoms with van der Waals surface area (Å²) in [7, 11) is 0. The van der Waals surface area contributed by atoms with Gasteiger partial charge in [-0.05, 0) is 59.7 Å². The van der Waals surface area contributed by atoms with Gasteiger partial charge in [-0.15, -0.1) is 11.6 Å². The van der Waals surface area contributed by atoms with E-state index >= 15 is 0 Å². The van der Waals surface area contributed by atoms with Crippen molar-refractivity contribution in [2.24, 2.45) is 11.8 Å². The van der Waals surface area contributed by atoms with Crippen LogP contribution in [-0.4, -0.2) is 18.3 Å².